The van der Waals surface area contributed by atoms with Crippen LogP contribution in [0.4, 0.5) is 0 Å². The van der Waals surface area contributed by atoms with Crippen LogP contribution in [0.1, 0.15) is 24.3 Å². The van der Waals surface area contributed by atoms with Crippen molar-refractivity contribution in [3.05, 3.63) is 29.7 Å². The summed E-state index contributed by atoms with van der Waals surface area (Å²) >= 11 is 0. The molecule has 1 saturated carbocycles. The van der Waals surface area contributed by atoms with Crippen LogP contribution in [-0.2, 0) is 5.41 Å². The van der Waals surface area contributed by atoms with Gasteiger partial charge in [0.2, 0.25) is 0 Å². The van der Waals surface area contributed by atoms with Crippen molar-refractivity contribution in [2.75, 3.05) is 6.61 Å². The predicted octanol–water partition coefficient (Wildman–Crippen LogP) is 2.16. The molecule has 3 rings (SSSR count). The Hall–Kier alpha value is -1.35. The fraction of sp³-hybridized carbons (Fsp3) is 0.417. The van der Waals surface area contributed by atoms with Crippen molar-refractivity contribution in [2.24, 2.45) is 0 Å². The standard InChI is InChI=1S/C12H13NO2/c1-8-13-10-6-9(2-3-11(10)15-8)12(7-14)4-5-12/h2-3,6,14H,4-5,7H2,1H3. The molecule has 0 amide bonds. The lowest BCUT2D eigenvalue weighted by Crippen LogP contribution is -2.11. The van der Waals surface area contributed by atoms with Gasteiger partial charge in [0.25, 0.3) is 0 Å². The average Bonchev–Trinajstić information content (AvgIpc) is 2.94. The number of oxazole rings is 1. The van der Waals surface area contributed by atoms with Crippen LogP contribution in [0.25, 0.3) is 11.1 Å². The summed E-state index contributed by atoms with van der Waals surface area (Å²) in [6, 6.07) is 6.02. The largest absolute Gasteiger partial charge is 0.441 e. The number of aromatic nitrogens is 1. The maximum absolute atomic E-state index is 9.34. The summed E-state index contributed by atoms with van der Waals surface area (Å²) in [5.41, 5.74) is 2.92. The first-order valence-electron chi connectivity index (χ1n) is 5.22. The van der Waals surface area contributed by atoms with E-state index >= 15 is 0 Å². The highest BCUT2D eigenvalue weighted by molar-refractivity contribution is 5.74. The van der Waals surface area contributed by atoms with E-state index < -0.39 is 0 Å². The molecule has 1 aliphatic carbocycles. The summed E-state index contributed by atoms with van der Waals surface area (Å²) in [6.45, 7) is 2.08. The second-order valence-electron chi connectivity index (χ2n) is 4.35. The van der Waals surface area contributed by atoms with Gasteiger partial charge in [-0.3, -0.25) is 0 Å². The Labute approximate surface area is 87.7 Å². The zero-order valence-corrected chi connectivity index (χ0v) is 8.66. The molecule has 2 aromatic rings. The molecule has 1 aromatic carbocycles. The van der Waals surface area contributed by atoms with Gasteiger partial charge in [-0.1, -0.05) is 6.07 Å². The van der Waals surface area contributed by atoms with Crippen molar-refractivity contribution in [3.63, 3.8) is 0 Å². The minimum absolute atomic E-state index is 0.0149. The molecule has 3 nitrogen and oxygen atoms in total. The molecular formula is C12H13NO2. The lowest BCUT2D eigenvalue weighted by Gasteiger charge is -2.10. The first-order valence-corrected chi connectivity index (χ1v) is 5.22. The van der Waals surface area contributed by atoms with E-state index in [4.69, 9.17) is 4.42 Å². The number of rotatable bonds is 2. The molecule has 1 aromatic heterocycles. The van der Waals surface area contributed by atoms with Gasteiger partial charge < -0.3 is 9.52 Å². The fourth-order valence-electron chi connectivity index (χ4n) is 2.06. The van der Waals surface area contributed by atoms with Crippen LogP contribution in [0.5, 0.6) is 0 Å². The molecule has 15 heavy (non-hydrogen) atoms. The average molecular weight is 203 g/mol. The summed E-state index contributed by atoms with van der Waals surface area (Å²) in [5, 5.41) is 9.34. The molecule has 0 bridgehead atoms. The fourth-order valence-corrected chi connectivity index (χ4v) is 2.06. The van der Waals surface area contributed by atoms with Gasteiger partial charge in [-0.2, -0.15) is 0 Å². The van der Waals surface area contributed by atoms with Crippen LogP contribution < -0.4 is 0 Å². The smallest absolute Gasteiger partial charge is 0.192 e. The van der Waals surface area contributed by atoms with Crippen LogP contribution in [-0.4, -0.2) is 16.7 Å². The monoisotopic (exact) mass is 203 g/mol. The Morgan fingerprint density at radius 2 is 2.27 bits per heavy atom. The molecule has 78 valence electrons. The van der Waals surface area contributed by atoms with Crippen molar-refractivity contribution in [1.29, 1.82) is 0 Å². The van der Waals surface area contributed by atoms with Crippen molar-refractivity contribution in [3.8, 4) is 0 Å². The Morgan fingerprint density at radius 1 is 1.47 bits per heavy atom. The normalized spacial score (nSPS) is 18.3. The summed E-state index contributed by atoms with van der Waals surface area (Å²) in [7, 11) is 0. The number of benzene rings is 1. The summed E-state index contributed by atoms with van der Waals surface area (Å²) in [5.74, 6) is 0.691. The number of hydrogen-bond donors (Lipinski definition) is 1. The summed E-state index contributed by atoms with van der Waals surface area (Å²) in [6.07, 6.45) is 2.15. The number of aliphatic hydroxyl groups excluding tert-OH is 1. The molecule has 3 heteroatoms. The van der Waals surface area contributed by atoms with Gasteiger partial charge >= 0.3 is 0 Å². The number of fused-ring (bicyclic) bond motifs is 1. The quantitative estimate of drug-likeness (QED) is 0.813. The van der Waals surface area contributed by atoms with Gasteiger partial charge in [0.1, 0.15) is 5.52 Å². The Balaban J connectivity index is 2.13. The van der Waals surface area contributed by atoms with Crippen LogP contribution in [0.2, 0.25) is 0 Å². The van der Waals surface area contributed by atoms with E-state index in [9.17, 15) is 5.11 Å². The van der Waals surface area contributed by atoms with E-state index in [2.05, 4.69) is 4.98 Å². The molecule has 0 atom stereocenters. The predicted molar refractivity (Wildman–Crippen MR) is 56.7 cm³/mol. The van der Waals surface area contributed by atoms with Crippen LogP contribution in [0, 0.1) is 6.92 Å². The lowest BCUT2D eigenvalue weighted by molar-refractivity contribution is 0.255. The molecule has 1 aliphatic rings. The zero-order valence-electron chi connectivity index (χ0n) is 8.66. The summed E-state index contributed by atoms with van der Waals surface area (Å²) in [4.78, 5) is 4.30. The third-order valence-corrected chi connectivity index (χ3v) is 3.26. The van der Waals surface area contributed by atoms with E-state index in [0.717, 1.165) is 23.9 Å². The highest BCUT2D eigenvalue weighted by Crippen LogP contribution is 2.48. The molecular weight excluding hydrogens is 190 g/mol. The maximum atomic E-state index is 9.34. The molecule has 0 spiro atoms. The van der Waals surface area contributed by atoms with Crippen molar-refractivity contribution >= 4 is 11.1 Å². The van der Waals surface area contributed by atoms with E-state index in [1.807, 2.05) is 25.1 Å². The maximum Gasteiger partial charge on any atom is 0.192 e. The van der Waals surface area contributed by atoms with E-state index in [1.54, 1.807) is 0 Å². The van der Waals surface area contributed by atoms with Crippen LogP contribution in [0.3, 0.4) is 0 Å². The topological polar surface area (TPSA) is 46.3 Å². The van der Waals surface area contributed by atoms with Gasteiger partial charge in [-0.15, -0.1) is 0 Å². The third-order valence-electron chi connectivity index (χ3n) is 3.26. The van der Waals surface area contributed by atoms with Gasteiger partial charge in [0.15, 0.2) is 11.5 Å². The van der Waals surface area contributed by atoms with E-state index in [-0.39, 0.29) is 12.0 Å². The summed E-state index contributed by atoms with van der Waals surface area (Å²) < 4.78 is 5.42. The molecule has 1 heterocycles. The van der Waals surface area contributed by atoms with Gasteiger partial charge in [-0.25, -0.2) is 4.98 Å². The van der Waals surface area contributed by atoms with Gasteiger partial charge in [-0.05, 0) is 30.5 Å². The number of aryl methyl sites for hydroxylation is 1. The highest BCUT2D eigenvalue weighted by atomic mass is 16.3. The second kappa shape index (κ2) is 2.83. The minimum atomic E-state index is 0.0149. The van der Waals surface area contributed by atoms with Crippen molar-refractivity contribution < 1.29 is 9.52 Å². The highest BCUT2D eigenvalue weighted by Gasteiger charge is 2.43. The van der Waals surface area contributed by atoms with Crippen molar-refractivity contribution in [2.45, 2.75) is 25.2 Å². The number of hydrogen-bond acceptors (Lipinski definition) is 3. The first-order chi connectivity index (χ1) is 7.23. The molecule has 0 aliphatic heterocycles. The molecule has 0 radical (unpaired) electrons. The minimum Gasteiger partial charge on any atom is -0.441 e. The molecule has 0 saturated heterocycles. The first kappa shape index (κ1) is 8.92. The SMILES string of the molecule is Cc1nc2cc(C3(CO)CC3)ccc2o1. The van der Waals surface area contributed by atoms with E-state index in [0.29, 0.717) is 5.89 Å². The second-order valence-corrected chi connectivity index (χ2v) is 4.35. The molecule has 0 unspecified atom stereocenters. The molecule has 1 fully saturated rings. The van der Waals surface area contributed by atoms with E-state index in [1.165, 1.54) is 5.56 Å². The third kappa shape index (κ3) is 1.27. The Bertz CT molecular complexity index is 511. The Morgan fingerprint density at radius 3 is 2.93 bits per heavy atom. The van der Waals surface area contributed by atoms with Crippen molar-refractivity contribution in [1.82, 2.24) is 4.98 Å². The van der Waals surface area contributed by atoms with Gasteiger partial charge in [0, 0.05) is 12.3 Å². The zero-order chi connectivity index (χ0) is 10.5. The molecule has 1 N–H and O–H groups in total. The van der Waals surface area contributed by atoms with Crippen LogP contribution in [0.15, 0.2) is 22.6 Å². The Kier molecular flexibility index (Phi) is 1.68. The van der Waals surface area contributed by atoms with Gasteiger partial charge in [0.05, 0.1) is 6.61 Å². The van der Waals surface area contributed by atoms with Crippen LogP contribution >= 0.6 is 0 Å². The lowest BCUT2D eigenvalue weighted by atomic mass is 9.97. The number of nitrogens with zero attached hydrogens (tertiary/aromatic N) is 1. The number of aliphatic hydroxyl groups is 1.